The van der Waals surface area contributed by atoms with E-state index in [1.165, 1.54) is 19.3 Å². The number of esters is 1. The van der Waals surface area contributed by atoms with Gasteiger partial charge < -0.3 is 48.6 Å². The van der Waals surface area contributed by atoms with Gasteiger partial charge in [0.1, 0.15) is 30.5 Å². The van der Waals surface area contributed by atoms with E-state index >= 15 is 0 Å². The van der Waals surface area contributed by atoms with E-state index < -0.39 is 67.2 Å². The molecule has 3 rings (SSSR count). The molecular weight excluding hydrogens is 622 g/mol. The predicted octanol–water partition coefficient (Wildman–Crippen LogP) is 2.78. The number of aliphatic hydroxyl groups excluding tert-OH is 3. The molecule has 12 heteroatoms. The highest BCUT2D eigenvalue weighted by molar-refractivity contribution is 5.91. The lowest BCUT2D eigenvalue weighted by Crippen LogP contribution is -2.58. The van der Waals surface area contributed by atoms with Gasteiger partial charge in [-0.2, -0.15) is 0 Å². The standard InChI is InChI=1S/C36H59NO11/c1-10-28-25(19-44-36-34(43-9)32(42)30(40)24(6)46-36)13-11-12-14-27(38)21(3)17-22(4)33(20(2)15-16-29(39)47-28)48-35-31(41)26(37(7)8)18-23(5)45-35/h11-16,20-26,28,30-36,40-42H,10,17-19H2,1-9H3/b13-11-,14-12+,16-15+. The van der Waals surface area contributed by atoms with Crippen molar-refractivity contribution < 1.29 is 53.3 Å². The number of cyclic esters (lactones) is 1. The Labute approximate surface area is 286 Å². The number of ketones is 1. The van der Waals surface area contributed by atoms with Gasteiger partial charge in [0.05, 0.1) is 24.9 Å². The van der Waals surface area contributed by atoms with Crippen LogP contribution in [0.3, 0.4) is 0 Å². The molecule has 0 aromatic heterocycles. The largest absolute Gasteiger partial charge is 0.459 e. The average Bonchev–Trinajstić information content (AvgIpc) is 3.04. The second kappa shape index (κ2) is 18.8. The highest BCUT2D eigenvalue weighted by Crippen LogP contribution is 2.32. The molecule has 0 bridgehead atoms. The van der Waals surface area contributed by atoms with Crippen LogP contribution in [-0.2, 0) is 38.0 Å². The highest BCUT2D eigenvalue weighted by Gasteiger charge is 2.44. The molecule has 0 saturated carbocycles. The van der Waals surface area contributed by atoms with Crippen molar-refractivity contribution in [3.8, 4) is 0 Å². The Morgan fingerprint density at radius 2 is 1.58 bits per heavy atom. The van der Waals surface area contributed by atoms with Crippen molar-refractivity contribution in [1.29, 1.82) is 0 Å². The van der Waals surface area contributed by atoms with Crippen molar-refractivity contribution in [2.24, 2.45) is 23.7 Å². The molecule has 3 aliphatic heterocycles. The summed E-state index contributed by atoms with van der Waals surface area (Å²) in [6.45, 7) is 11.4. The maximum atomic E-state index is 13.2. The van der Waals surface area contributed by atoms with Crippen molar-refractivity contribution in [2.75, 3.05) is 27.8 Å². The first kappa shape index (κ1) is 40.4. The van der Waals surface area contributed by atoms with Gasteiger partial charge in [0.25, 0.3) is 0 Å². The number of aliphatic hydroxyl groups is 3. The van der Waals surface area contributed by atoms with E-state index in [2.05, 4.69) is 0 Å². The lowest BCUT2D eigenvalue weighted by atomic mass is 9.84. The molecule has 12 nitrogen and oxygen atoms in total. The fraction of sp³-hybridized carbons (Fsp3) is 0.778. The number of ether oxygens (including phenoxy) is 6. The third kappa shape index (κ3) is 10.7. The van der Waals surface area contributed by atoms with E-state index in [0.29, 0.717) is 19.3 Å². The number of hydrogen-bond donors (Lipinski definition) is 3. The number of allylic oxidation sites excluding steroid dienone is 3. The van der Waals surface area contributed by atoms with Crippen molar-refractivity contribution in [3.63, 3.8) is 0 Å². The van der Waals surface area contributed by atoms with Crippen LogP contribution in [0.5, 0.6) is 0 Å². The van der Waals surface area contributed by atoms with E-state index in [-0.39, 0.29) is 42.3 Å². The Morgan fingerprint density at radius 3 is 2.23 bits per heavy atom. The van der Waals surface area contributed by atoms with Gasteiger partial charge in [-0.15, -0.1) is 0 Å². The summed E-state index contributed by atoms with van der Waals surface area (Å²) in [4.78, 5) is 28.3. The molecule has 3 aliphatic rings. The van der Waals surface area contributed by atoms with Crippen LogP contribution in [0.15, 0.2) is 36.5 Å². The minimum absolute atomic E-state index is 0.0397. The van der Waals surface area contributed by atoms with E-state index in [1.54, 1.807) is 25.2 Å². The summed E-state index contributed by atoms with van der Waals surface area (Å²) < 4.78 is 35.7. The highest BCUT2D eigenvalue weighted by atomic mass is 16.7. The number of methoxy groups -OCH3 is 1. The molecule has 0 aliphatic carbocycles. The molecule has 0 radical (unpaired) electrons. The van der Waals surface area contributed by atoms with Gasteiger partial charge >= 0.3 is 5.97 Å². The van der Waals surface area contributed by atoms with Crippen LogP contribution in [0.4, 0.5) is 0 Å². The lowest BCUT2D eigenvalue weighted by Gasteiger charge is -2.43. The van der Waals surface area contributed by atoms with Gasteiger partial charge in [0.2, 0.25) is 0 Å². The van der Waals surface area contributed by atoms with E-state index in [0.717, 1.165) is 0 Å². The average molecular weight is 682 g/mol. The van der Waals surface area contributed by atoms with Crippen molar-refractivity contribution in [3.05, 3.63) is 36.5 Å². The molecule has 2 saturated heterocycles. The number of carbonyl (C=O) groups is 2. The van der Waals surface area contributed by atoms with E-state index in [9.17, 15) is 24.9 Å². The molecule has 3 heterocycles. The summed E-state index contributed by atoms with van der Waals surface area (Å²) >= 11 is 0. The molecule has 2 fully saturated rings. The van der Waals surface area contributed by atoms with Crippen LogP contribution < -0.4 is 0 Å². The van der Waals surface area contributed by atoms with Gasteiger partial charge in [-0.1, -0.05) is 52.0 Å². The zero-order chi connectivity index (χ0) is 35.7. The number of hydrogen-bond acceptors (Lipinski definition) is 12. The summed E-state index contributed by atoms with van der Waals surface area (Å²) in [6.07, 6.45) is 3.67. The molecule has 0 aromatic rings. The van der Waals surface area contributed by atoms with Gasteiger partial charge in [0, 0.05) is 37.0 Å². The minimum Gasteiger partial charge on any atom is -0.459 e. The monoisotopic (exact) mass is 681 g/mol. The first-order valence-corrected chi connectivity index (χ1v) is 17.3. The van der Waals surface area contributed by atoms with Crippen LogP contribution in [0.2, 0.25) is 0 Å². The SMILES string of the molecule is CCC1OC(=O)/C=C/C(C)C(OC2OC(C)CC(N(C)C)C2O)C(C)CC(C)C(=O)/C=C/C=C\C1COC1OC(C)C(O)C(O)C1OC. The van der Waals surface area contributed by atoms with Crippen LogP contribution >= 0.6 is 0 Å². The van der Waals surface area contributed by atoms with Gasteiger partial charge in [-0.25, -0.2) is 4.79 Å². The Hall–Kier alpha value is -2.00. The van der Waals surface area contributed by atoms with Crippen molar-refractivity contribution in [2.45, 2.75) is 128 Å². The first-order valence-electron chi connectivity index (χ1n) is 17.3. The van der Waals surface area contributed by atoms with Gasteiger partial charge in [0.15, 0.2) is 18.4 Å². The Balaban J connectivity index is 1.85. The molecule has 48 heavy (non-hydrogen) atoms. The number of likely N-dealkylation sites (N-methyl/N-ethyl adjacent to an activating group) is 1. The molecule has 15 unspecified atom stereocenters. The zero-order valence-corrected chi connectivity index (χ0v) is 30.0. The topological polar surface area (TPSA) is 153 Å². The number of nitrogens with zero attached hydrogens (tertiary/aromatic N) is 1. The smallest absolute Gasteiger partial charge is 0.330 e. The molecule has 15 atom stereocenters. The van der Waals surface area contributed by atoms with Crippen LogP contribution in [-0.4, -0.2) is 127 Å². The normalized spacial score (nSPS) is 44.2. The lowest BCUT2D eigenvalue weighted by molar-refractivity contribution is -0.300. The predicted molar refractivity (Wildman–Crippen MR) is 179 cm³/mol. The van der Waals surface area contributed by atoms with E-state index in [1.807, 2.05) is 59.7 Å². The fourth-order valence-corrected chi connectivity index (χ4v) is 6.80. The summed E-state index contributed by atoms with van der Waals surface area (Å²) in [7, 11) is 5.24. The molecule has 0 amide bonds. The maximum absolute atomic E-state index is 13.2. The summed E-state index contributed by atoms with van der Waals surface area (Å²) in [6, 6.07) is -0.146. The molecule has 3 N–H and O–H groups in total. The Morgan fingerprint density at radius 1 is 0.875 bits per heavy atom. The van der Waals surface area contributed by atoms with Crippen LogP contribution in [0, 0.1) is 23.7 Å². The minimum atomic E-state index is -1.21. The second-order valence-electron chi connectivity index (χ2n) is 13.9. The Bertz CT molecular complexity index is 1110. The maximum Gasteiger partial charge on any atom is 0.330 e. The summed E-state index contributed by atoms with van der Waals surface area (Å²) in [5, 5.41) is 31.9. The van der Waals surface area contributed by atoms with E-state index in [4.69, 9.17) is 28.4 Å². The van der Waals surface area contributed by atoms with Crippen molar-refractivity contribution >= 4 is 11.8 Å². The molecular formula is C36H59NO11. The van der Waals surface area contributed by atoms with Crippen molar-refractivity contribution in [1.82, 2.24) is 4.90 Å². The zero-order valence-electron chi connectivity index (χ0n) is 30.0. The first-order chi connectivity index (χ1) is 22.7. The van der Waals surface area contributed by atoms with Crippen LogP contribution in [0.1, 0.15) is 60.8 Å². The molecule has 0 spiro atoms. The third-order valence-electron chi connectivity index (χ3n) is 9.78. The Kier molecular flexibility index (Phi) is 15.9. The second-order valence-corrected chi connectivity index (χ2v) is 13.9. The van der Waals surface area contributed by atoms with Crippen LogP contribution in [0.25, 0.3) is 0 Å². The summed E-state index contributed by atoms with van der Waals surface area (Å²) in [5.41, 5.74) is 0. The number of rotatable bonds is 8. The third-order valence-corrected chi connectivity index (χ3v) is 9.78. The fourth-order valence-electron chi connectivity index (χ4n) is 6.80. The van der Waals surface area contributed by atoms with Gasteiger partial charge in [-0.05, 0) is 59.2 Å². The number of carbonyl (C=O) groups excluding carboxylic acids is 2. The molecule has 274 valence electrons. The molecule has 0 aromatic carbocycles. The summed E-state index contributed by atoms with van der Waals surface area (Å²) in [5.74, 6) is -1.73. The quantitative estimate of drug-likeness (QED) is 0.323. The van der Waals surface area contributed by atoms with Gasteiger partial charge in [-0.3, -0.25) is 4.79 Å².